The van der Waals surface area contributed by atoms with Crippen molar-refractivity contribution >= 4 is 34.4 Å². The first kappa shape index (κ1) is 37.0. The lowest BCUT2D eigenvalue weighted by molar-refractivity contribution is -0.130. The van der Waals surface area contributed by atoms with Crippen LogP contribution >= 0.6 is 0 Å². The SMILES string of the molecule is C=C1CCC(N2Cc3c(C#CCNC(=O)c4ccc(-c5cc6cccc(-c7nc(C8CCOCC8)n8c7CN(C(C)=O)CC8)c6cn5)cn4)cccc3C2=O)C(=O)N1. The van der Waals surface area contributed by atoms with Crippen molar-refractivity contribution in [3.63, 3.8) is 0 Å². The number of imidazole rings is 1. The molecule has 4 aliphatic rings. The van der Waals surface area contributed by atoms with Crippen LogP contribution in [0.25, 0.3) is 33.3 Å². The molecule has 0 aliphatic carbocycles. The molecule has 58 heavy (non-hydrogen) atoms. The summed E-state index contributed by atoms with van der Waals surface area (Å²) in [6, 6.07) is 16.5. The van der Waals surface area contributed by atoms with E-state index in [0.717, 1.165) is 83.0 Å². The summed E-state index contributed by atoms with van der Waals surface area (Å²) in [6.07, 6.45) is 6.51. The van der Waals surface area contributed by atoms with Crippen LogP contribution < -0.4 is 10.6 Å². The first-order valence-electron chi connectivity index (χ1n) is 19.7. The number of nitrogens with one attached hydrogen (secondary N) is 2. The number of nitrogens with zero attached hydrogens (tertiary/aromatic N) is 6. The average Bonchev–Trinajstić information content (AvgIpc) is 3.80. The number of pyridine rings is 2. The molecular weight excluding hydrogens is 733 g/mol. The minimum Gasteiger partial charge on any atom is -0.381 e. The highest BCUT2D eigenvalue weighted by molar-refractivity contribution is 6.02. The number of carbonyl (C=O) groups excluding carboxylic acids is 4. The Morgan fingerprint density at radius 2 is 1.81 bits per heavy atom. The van der Waals surface area contributed by atoms with Crippen molar-refractivity contribution in [2.24, 2.45) is 0 Å². The summed E-state index contributed by atoms with van der Waals surface area (Å²) in [4.78, 5) is 69.3. The monoisotopic (exact) mass is 774 g/mol. The van der Waals surface area contributed by atoms with Gasteiger partial charge in [-0.2, -0.15) is 0 Å². The number of fused-ring (bicyclic) bond motifs is 3. The summed E-state index contributed by atoms with van der Waals surface area (Å²) < 4.78 is 7.98. The van der Waals surface area contributed by atoms with E-state index in [2.05, 4.69) is 44.7 Å². The summed E-state index contributed by atoms with van der Waals surface area (Å²) in [5, 5.41) is 7.52. The molecule has 7 heterocycles. The van der Waals surface area contributed by atoms with Crippen molar-refractivity contribution in [2.45, 2.75) is 64.2 Å². The van der Waals surface area contributed by atoms with Gasteiger partial charge in [0.05, 0.1) is 30.2 Å². The Kier molecular flexibility index (Phi) is 9.79. The van der Waals surface area contributed by atoms with Crippen molar-refractivity contribution in [3.8, 4) is 34.4 Å². The van der Waals surface area contributed by atoms with Crippen molar-refractivity contribution in [3.05, 3.63) is 113 Å². The molecule has 0 radical (unpaired) electrons. The zero-order valence-electron chi connectivity index (χ0n) is 32.2. The summed E-state index contributed by atoms with van der Waals surface area (Å²) >= 11 is 0. The highest BCUT2D eigenvalue weighted by atomic mass is 16.5. The van der Waals surface area contributed by atoms with Gasteiger partial charge < -0.3 is 29.7 Å². The standard InChI is InChI=1S/C45H42N8O5/c1-27-11-14-39(44(56)49-27)53-25-36-29(6-3-10-34(36)45(53)57)8-5-17-46-43(55)37-13-12-32(23-47-37)38-22-31-7-4-9-33(35(31)24-48-38)41-40-26-51(28(2)54)18-19-52(40)42(50-41)30-15-20-58-21-16-30/h3-4,6-7,9-10,12-13,22-24,30,39H,1,11,14-21,25-26H2,2H3,(H,46,55)(H,49,56). The first-order valence-corrected chi connectivity index (χ1v) is 19.7. The number of ether oxygens (including phenoxy) is 1. The van der Waals surface area contributed by atoms with Crippen molar-refractivity contribution < 1.29 is 23.9 Å². The molecule has 0 bridgehead atoms. The van der Waals surface area contributed by atoms with Crippen LogP contribution in [0.3, 0.4) is 0 Å². The zero-order valence-corrected chi connectivity index (χ0v) is 32.2. The van der Waals surface area contributed by atoms with E-state index >= 15 is 0 Å². The van der Waals surface area contributed by atoms with Gasteiger partial charge in [-0.05, 0) is 67.0 Å². The molecule has 13 heteroatoms. The molecule has 4 aliphatic heterocycles. The van der Waals surface area contributed by atoms with E-state index in [1.807, 2.05) is 41.4 Å². The Morgan fingerprint density at radius 1 is 0.983 bits per heavy atom. The largest absolute Gasteiger partial charge is 0.381 e. The third kappa shape index (κ3) is 6.90. The lowest BCUT2D eigenvalue weighted by Crippen LogP contribution is -2.49. The lowest BCUT2D eigenvalue weighted by Gasteiger charge is -2.30. The number of benzene rings is 2. The van der Waals surface area contributed by atoms with Crippen LogP contribution in [0.2, 0.25) is 0 Å². The predicted molar refractivity (Wildman–Crippen MR) is 216 cm³/mol. The van der Waals surface area contributed by atoms with Crippen LogP contribution in [0, 0.1) is 11.8 Å². The number of amides is 4. The van der Waals surface area contributed by atoms with E-state index in [-0.39, 0.29) is 35.9 Å². The molecule has 9 rings (SSSR count). The van der Waals surface area contributed by atoms with Gasteiger partial charge in [-0.1, -0.05) is 42.7 Å². The zero-order chi connectivity index (χ0) is 39.9. The van der Waals surface area contributed by atoms with E-state index in [9.17, 15) is 19.2 Å². The summed E-state index contributed by atoms with van der Waals surface area (Å²) in [5.74, 6) is 6.77. The normalized spacial score (nSPS) is 18.0. The Labute approximate surface area is 335 Å². The number of rotatable bonds is 6. The molecule has 292 valence electrons. The second-order valence-corrected chi connectivity index (χ2v) is 15.2. The fourth-order valence-corrected chi connectivity index (χ4v) is 8.50. The molecule has 0 saturated carbocycles. The summed E-state index contributed by atoms with van der Waals surface area (Å²) in [5.41, 5.74) is 7.31. The van der Waals surface area contributed by atoms with E-state index < -0.39 is 6.04 Å². The molecule has 1 atom stereocenters. The molecule has 0 spiro atoms. The third-order valence-electron chi connectivity index (χ3n) is 11.6. The van der Waals surface area contributed by atoms with Crippen molar-refractivity contribution in [1.82, 2.24) is 40.0 Å². The predicted octanol–water partition coefficient (Wildman–Crippen LogP) is 4.95. The van der Waals surface area contributed by atoms with Crippen molar-refractivity contribution in [2.75, 3.05) is 26.3 Å². The maximum absolute atomic E-state index is 13.2. The fraction of sp³-hybridized carbons (Fsp3) is 0.311. The van der Waals surface area contributed by atoms with Gasteiger partial charge in [0.1, 0.15) is 17.6 Å². The van der Waals surface area contributed by atoms with Gasteiger partial charge in [-0.15, -0.1) is 0 Å². The molecule has 13 nitrogen and oxygen atoms in total. The Balaban J connectivity index is 0.888. The minimum atomic E-state index is -0.550. The number of piperidine rings is 1. The third-order valence-corrected chi connectivity index (χ3v) is 11.6. The van der Waals surface area contributed by atoms with E-state index in [1.165, 1.54) is 0 Å². The number of allylic oxidation sites excluding steroid dienone is 1. The minimum absolute atomic E-state index is 0.0554. The van der Waals surface area contributed by atoms with Gasteiger partial charge in [0.2, 0.25) is 11.8 Å². The quantitative estimate of drug-likeness (QED) is 0.230. The highest BCUT2D eigenvalue weighted by Gasteiger charge is 2.39. The molecule has 3 aromatic heterocycles. The van der Waals surface area contributed by atoms with Gasteiger partial charge in [0.15, 0.2) is 0 Å². The number of aromatic nitrogens is 4. The molecule has 2 fully saturated rings. The van der Waals surface area contributed by atoms with Gasteiger partial charge >= 0.3 is 0 Å². The van der Waals surface area contributed by atoms with E-state index in [1.54, 1.807) is 36.2 Å². The maximum Gasteiger partial charge on any atom is 0.270 e. The van der Waals surface area contributed by atoms with E-state index in [4.69, 9.17) is 14.7 Å². The topological polar surface area (TPSA) is 152 Å². The van der Waals surface area contributed by atoms with Crippen molar-refractivity contribution in [1.29, 1.82) is 0 Å². The summed E-state index contributed by atoms with van der Waals surface area (Å²) in [7, 11) is 0. The van der Waals surface area contributed by atoms with E-state index in [0.29, 0.717) is 55.2 Å². The highest BCUT2D eigenvalue weighted by Crippen LogP contribution is 2.38. The van der Waals surface area contributed by atoms with Gasteiger partial charge in [0.25, 0.3) is 11.8 Å². The smallest absolute Gasteiger partial charge is 0.270 e. The van der Waals surface area contributed by atoms with Gasteiger partial charge in [0, 0.05) is 91.4 Å². The van der Waals surface area contributed by atoms with Crippen LogP contribution in [-0.4, -0.2) is 85.3 Å². The molecule has 1 unspecified atom stereocenters. The van der Waals surface area contributed by atoms with Crippen LogP contribution in [-0.2, 0) is 34.0 Å². The Bertz CT molecular complexity index is 2580. The molecule has 2 N–H and O–H groups in total. The van der Waals surface area contributed by atoms with Gasteiger partial charge in [-0.25, -0.2) is 4.98 Å². The van der Waals surface area contributed by atoms with Crippen LogP contribution in [0.1, 0.15) is 82.0 Å². The fourth-order valence-electron chi connectivity index (χ4n) is 8.50. The first-order chi connectivity index (χ1) is 28.2. The van der Waals surface area contributed by atoms with Crippen LogP contribution in [0.15, 0.2) is 79.3 Å². The number of hydrogen-bond acceptors (Lipinski definition) is 8. The Morgan fingerprint density at radius 3 is 2.60 bits per heavy atom. The Hall–Kier alpha value is -6.65. The maximum atomic E-state index is 13.2. The molecule has 5 aromatic rings. The van der Waals surface area contributed by atoms with Crippen LogP contribution in [0.4, 0.5) is 0 Å². The van der Waals surface area contributed by atoms with Gasteiger partial charge in [-0.3, -0.25) is 29.1 Å². The number of carbonyl (C=O) groups is 4. The average molecular weight is 775 g/mol. The molecule has 2 saturated heterocycles. The molecular formula is C45H42N8O5. The van der Waals surface area contributed by atoms with Crippen LogP contribution in [0.5, 0.6) is 0 Å². The second-order valence-electron chi connectivity index (χ2n) is 15.2. The lowest BCUT2D eigenvalue weighted by atomic mass is 9.99. The summed E-state index contributed by atoms with van der Waals surface area (Å²) in [6.45, 7) is 9.16. The number of hydrogen-bond donors (Lipinski definition) is 2. The second kappa shape index (κ2) is 15.4. The molecule has 2 aromatic carbocycles. The molecule has 4 amide bonds.